The average molecular weight is 281 g/mol. The van der Waals surface area contributed by atoms with Crippen LogP contribution in [0.25, 0.3) is 0 Å². The van der Waals surface area contributed by atoms with Gasteiger partial charge >= 0.3 is 5.97 Å². The number of carbonyl (C=O) groups is 2. The Balaban J connectivity index is 2.95. The molecule has 0 aliphatic carbocycles. The molecule has 2 N–H and O–H groups in total. The molecule has 6 heteroatoms. The minimum absolute atomic E-state index is 0.127. The van der Waals surface area contributed by atoms with Crippen LogP contribution in [0.4, 0.5) is 0 Å². The molecule has 0 heterocycles. The van der Waals surface area contributed by atoms with E-state index in [9.17, 15) is 9.59 Å². The van der Waals surface area contributed by atoms with Crippen LogP contribution in [0.2, 0.25) is 0 Å². The highest BCUT2D eigenvalue weighted by atomic mass is 16.5. The lowest BCUT2D eigenvalue weighted by Gasteiger charge is -2.15. The molecule has 1 unspecified atom stereocenters. The lowest BCUT2D eigenvalue weighted by atomic mass is 10.1. The molecular weight excluding hydrogens is 262 g/mol. The van der Waals surface area contributed by atoms with E-state index in [1.165, 1.54) is 14.2 Å². The first-order valence-electron chi connectivity index (χ1n) is 6.14. The van der Waals surface area contributed by atoms with E-state index in [2.05, 4.69) is 5.32 Å². The Morgan fingerprint density at radius 1 is 1.25 bits per heavy atom. The average Bonchev–Trinajstić information content (AvgIpc) is 2.36. The summed E-state index contributed by atoms with van der Waals surface area (Å²) < 4.78 is 10.3. The van der Waals surface area contributed by atoms with Crippen LogP contribution in [0, 0.1) is 6.92 Å². The Morgan fingerprint density at radius 2 is 1.80 bits per heavy atom. The number of methoxy groups -OCH3 is 2. The third-order valence-electron chi connectivity index (χ3n) is 2.83. The summed E-state index contributed by atoms with van der Waals surface area (Å²) in [6, 6.07) is 2.83. The van der Waals surface area contributed by atoms with Gasteiger partial charge in [-0.2, -0.15) is 0 Å². The van der Waals surface area contributed by atoms with Crippen LogP contribution in [-0.2, 0) is 4.79 Å². The molecule has 1 rings (SSSR count). The number of rotatable bonds is 6. The zero-order chi connectivity index (χ0) is 15.3. The molecule has 1 aromatic rings. The molecule has 0 saturated carbocycles. The highest BCUT2D eigenvalue weighted by Crippen LogP contribution is 2.30. The highest BCUT2D eigenvalue weighted by Gasteiger charge is 2.17. The summed E-state index contributed by atoms with van der Waals surface area (Å²) in [5.74, 6) is -0.298. The number of carboxylic acids is 1. The maximum Gasteiger partial charge on any atom is 0.305 e. The Kier molecular flexibility index (Phi) is 5.37. The molecule has 0 fully saturated rings. The molecule has 0 radical (unpaired) electrons. The maximum atomic E-state index is 12.1. The number of aryl methyl sites for hydroxylation is 1. The normalized spacial score (nSPS) is 11.6. The van der Waals surface area contributed by atoms with Crippen molar-refractivity contribution in [2.45, 2.75) is 26.3 Å². The van der Waals surface area contributed by atoms with Gasteiger partial charge in [0.1, 0.15) is 0 Å². The molecule has 1 aromatic carbocycles. The van der Waals surface area contributed by atoms with Crippen molar-refractivity contribution in [3.8, 4) is 11.5 Å². The van der Waals surface area contributed by atoms with E-state index in [0.29, 0.717) is 17.1 Å². The lowest BCUT2D eigenvalue weighted by molar-refractivity contribution is -0.137. The van der Waals surface area contributed by atoms with E-state index in [1.54, 1.807) is 26.0 Å². The minimum atomic E-state index is -0.957. The van der Waals surface area contributed by atoms with Gasteiger partial charge in [-0.05, 0) is 31.5 Å². The van der Waals surface area contributed by atoms with Gasteiger partial charge in [-0.3, -0.25) is 9.59 Å². The molecule has 1 amide bonds. The monoisotopic (exact) mass is 281 g/mol. The van der Waals surface area contributed by atoms with Crippen molar-refractivity contribution in [1.29, 1.82) is 0 Å². The van der Waals surface area contributed by atoms with Crippen molar-refractivity contribution >= 4 is 11.9 Å². The molecule has 0 aliphatic heterocycles. The molecule has 20 heavy (non-hydrogen) atoms. The number of ether oxygens (including phenoxy) is 2. The molecule has 0 aromatic heterocycles. The summed E-state index contributed by atoms with van der Waals surface area (Å²) in [7, 11) is 3.01. The number of carbonyl (C=O) groups excluding carboxylic acids is 1. The Labute approximate surface area is 117 Å². The van der Waals surface area contributed by atoms with Crippen LogP contribution >= 0.6 is 0 Å². The Hall–Kier alpha value is -2.24. The first kappa shape index (κ1) is 15.8. The second-order valence-corrected chi connectivity index (χ2v) is 4.49. The maximum absolute atomic E-state index is 12.1. The van der Waals surface area contributed by atoms with Crippen molar-refractivity contribution in [1.82, 2.24) is 5.32 Å². The van der Waals surface area contributed by atoms with E-state index in [0.717, 1.165) is 5.56 Å². The predicted molar refractivity (Wildman–Crippen MR) is 73.5 cm³/mol. The van der Waals surface area contributed by atoms with Gasteiger partial charge in [0.15, 0.2) is 11.5 Å². The van der Waals surface area contributed by atoms with Crippen LogP contribution in [-0.4, -0.2) is 37.2 Å². The second-order valence-electron chi connectivity index (χ2n) is 4.49. The van der Waals surface area contributed by atoms with Gasteiger partial charge in [-0.25, -0.2) is 0 Å². The van der Waals surface area contributed by atoms with E-state index in [4.69, 9.17) is 14.6 Å². The van der Waals surface area contributed by atoms with Crippen molar-refractivity contribution in [3.05, 3.63) is 23.3 Å². The summed E-state index contributed by atoms with van der Waals surface area (Å²) >= 11 is 0. The smallest absolute Gasteiger partial charge is 0.305 e. The molecule has 6 nitrogen and oxygen atoms in total. The molecule has 110 valence electrons. The van der Waals surface area contributed by atoms with Crippen molar-refractivity contribution in [2.75, 3.05) is 14.2 Å². The largest absolute Gasteiger partial charge is 0.493 e. The third kappa shape index (κ3) is 3.88. The van der Waals surface area contributed by atoms with Gasteiger partial charge in [0.25, 0.3) is 5.91 Å². The topological polar surface area (TPSA) is 84.9 Å². The first-order valence-corrected chi connectivity index (χ1v) is 6.14. The fourth-order valence-electron chi connectivity index (χ4n) is 1.84. The number of aliphatic carboxylic acids is 1. The third-order valence-corrected chi connectivity index (χ3v) is 2.83. The van der Waals surface area contributed by atoms with Crippen LogP contribution in [0.5, 0.6) is 11.5 Å². The standard InChI is InChI=1S/C14H19NO5/c1-8-5-11(19-3)12(20-4)7-10(8)14(18)15-9(2)6-13(16)17/h5,7,9H,6H2,1-4H3,(H,15,18)(H,16,17). The van der Waals surface area contributed by atoms with Crippen LogP contribution in [0.1, 0.15) is 29.3 Å². The fourth-order valence-corrected chi connectivity index (χ4v) is 1.84. The lowest BCUT2D eigenvalue weighted by Crippen LogP contribution is -2.34. The fraction of sp³-hybridized carbons (Fsp3) is 0.429. The summed E-state index contributed by atoms with van der Waals surface area (Å²) in [5.41, 5.74) is 1.16. The molecular formula is C14H19NO5. The van der Waals surface area contributed by atoms with Crippen molar-refractivity contribution < 1.29 is 24.2 Å². The van der Waals surface area contributed by atoms with Gasteiger partial charge in [0, 0.05) is 11.6 Å². The van der Waals surface area contributed by atoms with Crippen LogP contribution in [0.15, 0.2) is 12.1 Å². The highest BCUT2D eigenvalue weighted by molar-refractivity contribution is 5.96. The number of benzene rings is 1. The quantitative estimate of drug-likeness (QED) is 0.827. The van der Waals surface area contributed by atoms with Gasteiger partial charge in [0.05, 0.1) is 20.6 Å². The number of carboxylic acid groups (broad SMARTS) is 1. The van der Waals surface area contributed by atoms with Crippen LogP contribution in [0.3, 0.4) is 0 Å². The van der Waals surface area contributed by atoms with Gasteiger partial charge in [-0.15, -0.1) is 0 Å². The first-order chi connectivity index (χ1) is 9.38. The number of nitrogens with one attached hydrogen (secondary N) is 1. The molecule has 0 spiro atoms. The molecule has 1 atom stereocenters. The van der Waals surface area contributed by atoms with Crippen LogP contribution < -0.4 is 14.8 Å². The molecule has 0 aliphatic rings. The predicted octanol–water partition coefficient (Wildman–Crippen LogP) is 1.61. The zero-order valence-corrected chi connectivity index (χ0v) is 12.0. The summed E-state index contributed by atoms with van der Waals surface area (Å²) in [6.07, 6.45) is -0.127. The number of hydrogen-bond donors (Lipinski definition) is 2. The second kappa shape index (κ2) is 6.79. The summed E-state index contributed by atoms with van der Waals surface area (Å²) in [4.78, 5) is 22.7. The number of hydrogen-bond acceptors (Lipinski definition) is 4. The summed E-state index contributed by atoms with van der Waals surface area (Å²) in [5, 5.41) is 11.3. The van der Waals surface area contributed by atoms with E-state index >= 15 is 0 Å². The van der Waals surface area contributed by atoms with Crippen molar-refractivity contribution in [2.24, 2.45) is 0 Å². The van der Waals surface area contributed by atoms with E-state index in [1.807, 2.05) is 0 Å². The van der Waals surface area contributed by atoms with E-state index in [-0.39, 0.29) is 12.3 Å². The van der Waals surface area contributed by atoms with E-state index < -0.39 is 12.0 Å². The Bertz CT molecular complexity index is 513. The van der Waals surface area contributed by atoms with Gasteiger partial charge < -0.3 is 19.9 Å². The number of amides is 1. The zero-order valence-electron chi connectivity index (χ0n) is 12.0. The SMILES string of the molecule is COc1cc(C)c(C(=O)NC(C)CC(=O)O)cc1OC. The van der Waals surface area contributed by atoms with Gasteiger partial charge in [0.2, 0.25) is 0 Å². The van der Waals surface area contributed by atoms with Gasteiger partial charge in [-0.1, -0.05) is 0 Å². The molecule has 0 bridgehead atoms. The molecule has 0 saturated heterocycles. The Morgan fingerprint density at radius 3 is 2.30 bits per heavy atom. The minimum Gasteiger partial charge on any atom is -0.493 e. The van der Waals surface area contributed by atoms with Crippen molar-refractivity contribution in [3.63, 3.8) is 0 Å². The summed E-state index contributed by atoms with van der Waals surface area (Å²) in [6.45, 7) is 3.42.